The lowest BCUT2D eigenvalue weighted by molar-refractivity contribution is 0.105. The summed E-state index contributed by atoms with van der Waals surface area (Å²) < 4.78 is 10.9. The molecule has 1 aromatic rings. The predicted octanol–water partition coefficient (Wildman–Crippen LogP) is 2.06. The number of hydrogen-bond donors (Lipinski definition) is 0. The number of rotatable bonds is 3. The fourth-order valence-corrected chi connectivity index (χ4v) is 2.95. The largest absolute Gasteiger partial charge is 0.497 e. The highest BCUT2D eigenvalue weighted by atomic mass is 16.5. The van der Waals surface area contributed by atoms with Gasteiger partial charge >= 0.3 is 0 Å². The number of hydrogen-bond acceptors (Lipinski definition) is 3. The van der Waals surface area contributed by atoms with E-state index in [1.807, 2.05) is 12.1 Å². The zero-order valence-corrected chi connectivity index (χ0v) is 10.3. The summed E-state index contributed by atoms with van der Waals surface area (Å²) >= 11 is 0. The van der Waals surface area contributed by atoms with Gasteiger partial charge in [0.15, 0.2) is 0 Å². The van der Waals surface area contributed by atoms with Gasteiger partial charge in [0.25, 0.3) is 0 Å². The van der Waals surface area contributed by atoms with Gasteiger partial charge in [-0.25, -0.2) is 0 Å². The lowest BCUT2D eigenvalue weighted by Gasteiger charge is -2.22. The summed E-state index contributed by atoms with van der Waals surface area (Å²) in [4.78, 5) is 2.56. The Bertz CT molecular complexity index is 376. The summed E-state index contributed by atoms with van der Waals surface area (Å²) in [7, 11) is 1.70. The van der Waals surface area contributed by atoms with Crippen molar-refractivity contribution in [2.24, 2.45) is 0 Å². The molecule has 0 N–H and O–H groups in total. The predicted molar refractivity (Wildman–Crippen MR) is 66.2 cm³/mol. The molecule has 0 unspecified atom stereocenters. The fourth-order valence-electron chi connectivity index (χ4n) is 2.95. The van der Waals surface area contributed by atoms with E-state index in [1.54, 1.807) is 7.11 Å². The zero-order chi connectivity index (χ0) is 11.7. The number of likely N-dealkylation sites (tertiary alicyclic amines) is 1. The molecular weight excluding hydrogens is 214 g/mol. The van der Waals surface area contributed by atoms with Gasteiger partial charge in [0.2, 0.25) is 0 Å². The van der Waals surface area contributed by atoms with Crippen molar-refractivity contribution >= 4 is 0 Å². The Hall–Kier alpha value is -1.06. The third kappa shape index (κ3) is 2.17. The second-order valence-electron chi connectivity index (χ2n) is 4.87. The molecule has 2 aliphatic rings. The summed E-state index contributed by atoms with van der Waals surface area (Å²) in [6, 6.07) is 9.03. The third-order valence-corrected chi connectivity index (χ3v) is 3.89. The van der Waals surface area contributed by atoms with E-state index >= 15 is 0 Å². The molecule has 3 heteroatoms. The Labute approximate surface area is 102 Å². The van der Waals surface area contributed by atoms with Crippen LogP contribution in [0.1, 0.15) is 18.4 Å². The first-order valence-electron chi connectivity index (χ1n) is 6.35. The molecule has 3 rings (SSSR count). The normalized spacial score (nSPS) is 28.3. The maximum atomic E-state index is 5.72. The molecule has 17 heavy (non-hydrogen) atoms. The Morgan fingerprint density at radius 3 is 2.88 bits per heavy atom. The number of fused-ring (bicyclic) bond motifs is 1. The van der Waals surface area contributed by atoms with E-state index in [9.17, 15) is 0 Å². The molecule has 0 amide bonds. The van der Waals surface area contributed by atoms with Crippen LogP contribution in [0.4, 0.5) is 0 Å². The van der Waals surface area contributed by atoms with Crippen molar-refractivity contribution in [1.29, 1.82) is 0 Å². The van der Waals surface area contributed by atoms with Crippen LogP contribution < -0.4 is 4.74 Å². The molecule has 0 saturated carbocycles. The lowest BCUT2D eigenvalue weighted by Crippen LogP contribution is -2.31. The highest BCUT2D eigenvalue weighted by Crippen LogP contribution is 2.30. The van der Waals surface area contributed by atoms with E-state index in [0.29, 0.717) is 12.1 Å². The topological polar surface area (TPSA) is 21.7 Å². The van der Waals surface area contributed by atoms with Gasteiger partial charge in [-0.3, -0.25) is 4.90 Å². The van der Waals surface area contributed by atoms with E-state index < -0.39 is 0 Å². The molecule has 2 heterocycles. The molecule has 2 fully saturated rings. The summed E-state index contributed by atoms with van der Waals surface area (Å²) in [5, 5.41) is 0. The molecule has 2 aliphatic heterocycles. The molecule has 0 spiro atoms. The van der Waals surface area contributed by atoms with Crippen molar-refractivity contribution in [2.75, 3.05) is 20.3 Å². The lowest BCUT2D eigenvalue weighted by atomic mass is 10.1. The van der Waals surface area contributed by atoms with Crippen molar-refractivity contribution in [2.45, 2.75) is 31.5 Å². The van der Waals surface area contributed by atoms with Crippen molar-refractivity contribution in [3.63, 3.8) is 0 Å². The Morgan fingerprint density at radius 1 is 1.29 bits per heavy atom. The highest BCUT2D eigenvalue weighted by molar-refractivity contribution is 5.27. The van der Waals surface area contributed by atoms with Crippen molar-refractivity contribution in [1.82, 2.24) is 4.90 Å². The minimum absolute atomic E-state index is 0.494. The van der Waals surface area contributed by atoms with Gasteiger partial charge in [-0.05, 0) is 30.5 Å². The first-order valence-corrected chi connectivity index (χ1v) is 6.35. The Balaban J connectivity index is 1.66. The van der Waals surface area contributed by atoms with Gasteiger partial charge in [0, 0.05) is 25.7 Å². The van der Waals surface area contributed by atoms with Gasteiger partial charge in [-0.15, -0.1) is 0 Å². The molecule has 92 valence electrons. The van der Waals surface area contributed by atoms with E-state index in [0.717, 1.165) is 18.9 Å². The van der Waals surface area contributed by atoms with Gasteiger partial charge in [-0.2, -0.15) is 0 Å². The monoisotopic (exact) mass is 233 g/mol. The SMILES string of the molecule is COc1ccc(CN2CC[C@H]3OCC[C@H]32)cc1. The van der Waals surface area contributed by atoms with Crippen LogP contribution in [0.3, 0.4) is 0 Å². The van der Waals surface area contributed by atoms with E-state index in [2.05, 4.69) is 17.0 Å². The van der Waals surface area contributed by atoms with Crippen LogP contribution in [0.2, 0.25) is 0 Å². The molecule has 0 bridgehead atoms. The molecular formula is C14H19NO2. The minimum atomic E-state index is 0.494. The van der Waals surface area contributed by atoms with E-state index in [4.69, 9.17) is 9.47 Å². The van der Waals surface area contributed by atoms with Crippen LogP contribution in [0, 0.1) is 0 Å². The molecule has 2 atom stereocenters. The summed E-state index contributed by atoms with van der Waals surface area (Å²) in [6.45, 7) is 3.14. The van der Waals surface area contributed by atoms with Crippen LogP contribution in [0.15, 0.2) is 24.3 Å². The zero-order valence-electron chi connectivity index (χ0n) is 10.3. The molecule has 3 nitrogen and oxygen atoms in total. The average molecular weight is 233 g/mol. The third-order valence-electron chi connectivity index (χ3n) is 3.89. The van der Waals surface area contributed by atoms with E-state index in [1.165, 1.54) is 24.9 Å². The van der Waals surface area contributed by atoms with Crippen LogP contribution in [0.25, 0.3) is 0 Å². The average Bonchev–Trinajstić information content (AvgIpc) is 2.95. The first kappa shape index (κ1) is 11.1. The second-order valence-corrected chi connectivity index (χ2v) is 4.87. The molecule has 0 aromatic heterocycles. The maximum absolute atomic E-state index is 5.72. The Kier molecular flexibility index (Phi) is 3.04. The fraction of sp³-hybridized carbons (Fsp3) is 0.571. The first-order chi connectivity index (χ1) is 8.36. The molecule has 0 radical (unpaired) electrons. The van der Waals surface area contributed by atoms with Gasteiger partial charge in [-0.1, -0.05) is 12.1 Å². The quantitative estimate of drug-likeness (QED) is 0.797. The van der Waals surface area contributed by atoms with Gasteiger partial charge < -0.3 is 9.47 Å². The smallest absolute Gasteiger partial charge is 0.118 e. The Morgan fingerprint density at radius 2 is 2.12 bits per heavy atom. The second kappa shape index (κ2) is 4.67. The number of ether oxygens (including phenoxy) is 2. The van der Waals surface area contributed by atoms with Crippen molar-refractivity contribution < 1.29 is 9.47 Å². The minimum Gasteiger partial charge on any atom is -0.497 e. The maximum Gasteiger partial charge on any atom is 0.118 e. The van der Waals surface area contributed by atoms with Crippen molar-refractivity contribution in [3.8, 4) is 5.75 Å². The van der Waals surface area contributed by atoms with Crippen LogP contribution in [-0.4, -0.2) is 37.3 Å². The van der Waals surface area contributed by atoms with Crippen LogP contribution in [0.5, 0.6) is 5.75 Å². The highest BCUT2D eigenvalue weighted by Gasteiger charge is 2.38. The van der Waals surface area contributed by atoms with Crippen LogP contribution in [-0.2, 0) is 11.3 Å². The summed E-state index contributed by atoms with van der Waals surface area (Å²) in [5.74, 6) is 0.928. The molecule has 2 saturated heterocycles. The summed E-state index contributed by atoms with van der Waals surface area (Å²) in [5.41, 5.74) is 1.36. The molecule has 1 aromatic carbocycles. The van der Waals surface area contributed by atoms with Gasteiger partial charge in [0.05, 0.1) is 13.2 Å². The van der Waals surface area contributed by atoms with E-state index in [-0.39, 0.29) is 0 Å². The standard InChI is InChI=1S/C14H19NO2/c1-16-12-4-2-11(3-5-12)10-15-8-6-14-13(15)7-9-17-14/h2-5,13-14H,6-10H2,1H3/t13-,14-/m1/s1. The number of methoxy groups -OCH3 is 1. The van der Waals surface area contributed by atoms with Crippen molar-refractivity contribution in [3.05, 3.63) is 29.8 Å². The van der Waals surface area contributed by atoms with Crippen LogP contribution >= 0.6 is 0 Å². The summed E-state index contributed by atoms with van der Waals surface area (Å²) in [6.07, 6.45) is 2.88. The van der Waals surface area contributed by atoms with Gasteiger partial charge in [0.1, 0.15) is 5.75 Å². The molecule has 0 aliphatic carbocycles. The number of nitrogens with zero attached hydrogens (tertiary/aromatic N) is 1. The number of benzene rings is 1.